The fourth-order valence-electron chi connectivity index (χ4n) is 0.690. The van der Waals surface area contributed by atoms with Gasteiger partial charge in [-0.15, -0.1) is 0 Å². The maximum atomic E-state index is 2.28. The molecule has 1 aromatic carbocycles. The quantitative estimate of drug-likeness (QED) is 0.822. The molecule has 1 aromatic rings. The number of benzene rings is 1. The number of hydrogen-bond donors (Lipinski definition) is 0. The van der Waals surface area contributed by atoms with Crippen LogP contribution in [0, 0.1) is 33.8 Å². The zero-order valence-corrected chi connectivity index (χ0v) is 8.68. The van der Waals surface area contributed by atoms with Crippen molar-refractivity contribution in [3.8, 4) is 0 Å². The molecule has 0 aliphatic heterocycles. The van der Waals surface area contributed by atoms with Crippen LogP contribution in [0.4, 0.5) is 0 Å². The Morgan fingerprint density at radius 2 is 1.82 bits per heavy atom. The predicted molar refractivity (Wildman–Crippen MR) is 43.8 cm³/mol. The molecule has 0 amide bonds. The molecule has 1 nitrogen and oxygen atoms in total. The molecule has 0 heterocycles. The second-order valence-electron chi connectivity index (χ2n) is 2.38. The summed E-state index contributed by atoms with van der Waals surface area (Å²) >= 11 is 0.440. The zero-order valence-electron chi connectivity index (χ0n) is 6.83. The van der Waals surface area contributed by atoms with Crippen molar-refractivity contribution in [2.75, 3.05) is 14.1 Å². The standard InChI is InChI=1S/C7H7.C2H6N.Er/c1-7-5-3-2-4-6-7;1-3-2;/h2-6H,1H2;1-2H3;/q;-1;+1. The molecule has 0 N–H and O–H groups in total. The Morgan fingerprint density at radius 3 is 2.36 bits per heavy atom. The summed E-state index contributed by atoms with van der Waals surface area (Å²) in [5, 5.41) is 0. The van der Waals surface area contributed by atoms with Gasteiger partial charge < -0.3 is 0 Å². The van der Waals surface area contributed by atoms with Crippen molar-refractivity contribution in [1.29, 1.82) is 0 Å². The van der Waals surface area contributed by atoms with Crippen molar-refractivity contribution in [3.05, 3.63) is 35.9 Å². The summed E-state index contributed by atoms with van der Waals surface area (Å²) in [4.78, 5) is 0. The van der Waals surface area contributed by atoms with Gasteiger partial charge in [0.25, 0.3) is 0 Å². The minimum atomic E-state index is 0.440. The summed E-state index contributed by atoms with van der Waals surface area (Å²) in [7, 11) is 4.27. The van der Waals surface area contributed by atoms with Crippen LogP contribution in [0.15, 0.2) is 30.3 Å². The van der Waals surface area contributed by atoms with Gasteiger partial charge in [-0.1, -0.05) is 0 Å². The number of nitrogens with zero attached hydrogens (tertiary/aromatic N) is 1. The monoisotopic (exact) mass is 301 g/mol. The Bertz CT molecular complexity index is 196. The second-order valence-corrected chi connectivity index (χ2v) is 5.28. The van der Waals surface area contributed by atoms with Crippen LogP contribution in [0.3, 0.4) is 0 Å². The minimum absolute atomic E-state index is 0.440. The van der Waals surface area contributed by atoms with Crippen molar-refractivity contribution in [3.63, 3.8) is 0 Å². The normalized spacial score (nSPS) is 10.8. The molecule has 0 aliphatic carbocycles. The van der Waals surface area contributed by atoms with E-state index in [1.807, 2.05) is 0 Å². The van der Waals surface area contributed by atoms with Crippen LogP contribution in [0.2, 0.25) is 0 Å². The van der Waals surface area contributed by atoms with E-state index in [2.05, 4.69) is 45.9 Å². The van der Waals surface area contributed by atoms with Gasteiger partial charge in [-0.2, -0.15) is 0 Å². The average Bonchev–Trinajstić information content (AvgIpc) is 2.03. The molecule has 0 radical (unpaired) electrons. The molecule has 0 unspecified atom stereocenters. The fraction of sp³-hybridized carbons (Fsp3) is 0.333. The molecule has 0 atom stereocenters. The molecule has 2 heteroatoms. The third-order valence-electron chi connectivity index (χ3n) is 1.19. The van der Waals surface area contributed by atoms with Gasteiger partial charge in [0.1, 0.15) is 0 Å². The van der Waals surface area contributed by atoms with E-state index in [1.54, 1.807) is 0 Å². The van der Waals surface area contributed by atoms with Crippen LogP contribution in [0.25, 0.3) is 0 Å². The molecule has 0 aliphatic rings. The Hall–Kier alpha value is 0.427. The van der Waals surface area contributed by atoms with Crippen molar-refractivity contribution in [2.24, 2.45) is 0 Å². The molecule has 11 heavy (non-hydrogen) atoms. The maximum absolute atomic E-state index is 2.28. The van der Waals surface area contributed by atoms with Gasteiger partial charge >= 0.3 is 87.8 Å². The third kappa shape index (κ3) is 4.11. The molecule has 0 saturated carbocycles. The van der Waals surface area contributed by atoms with E-state index in [9.17, 15) is 0 Å². The van der Waals surface area contributed by atoms with Gasteiger partial charge in [0.15, 0.2) is 0 Å². The molecular formula is C9H13ErN. The summed E-state index contributed by atoms with van der Waals surface area (Å²) in [6.07, 6.45) is 0. The van der Waals surface area contributed by atoms with Crippen LogP contribution in [0.1, 0.15) is 5.56 Å². The van der Waals surface area contributed by atoms with E-state index in [1.165, 1.54) is 8.14 Å². The van der Waals surface area contributed by atoms with E-state index < -0.39 is 0 Å². The van der Waals surface area contributed by atoms with Crippen LogP contribution in [0.5, 0.6) is 0 Å². The first-order valence-electron chi connectivity index (χ1n) is 3.49. The molecule has 0 fully saturated rings. The topological polar surface area (TPSA) is 3.24 Å². The molecule has 66 valence electrons. The molecular weight excluding hydrogens is 289 g/mol. The zero-order chi connectivity index (χ0) is 8.10. The SMILES string of the molecule is C[N](C)[Er][CH2]c1ccccc1. The van der Waals surface area contributed by atoms with Gasteiger partial charge in [-0.05, 0) is 0 Å². The Kier molecular flexibility index (Phi) is 4.45. The Labute approximate surface area is 87.1 Å². The predicted octanol–water partition coefficient (Wildman–Crippen LogP) is 1.75. The van der Waals surface area contributed by atoms with Crippen LogP contribution in [-0.2, 0) is 2.58 Å². The first-order chi connectivity index (χ1) is 5.29. The van der Waals surface area contributed by atoms with E-state index >= 15 is 0 Å². The van der Waals surface area contributed by atoms with Crippen molar-refractivity contribution in [2.45, 2.75) is 2.58 Å². The van der Waals surface area contributed by atoms with Gasteiger partial charge in [-0.3, -0.25) is 0 Å². The fourth-order valence-corrected chi connectivity index (χ4v) is 2.05. The van der Waals surface area contributed by atoms with Gasteiger partial charge in [0.2, 0.25) is 0 Å². The second kappa shape index (κ2) is 5.14. The third-order valence-corrected chi connectivity index (χ3v) is 3.41. The van der Waals surface area contributed by atoms with Gasteiger partial charge in [0.05, 0.1) is 0 Å². The molecule has 0 spiro atoms. The van der Waals surface area contributed by atoms with Crippen molar-refractivity contribution >= 4 is 0 Å². The summed E-state index contributed by atoms with van der Waals surface area (Å²) in [6.45, 7) is 0. The first kappa shape index (κ1) is 9.51. The molecule has 0 aromatic heterocycles. The summed E-state index contributed by atoms with van der Waals surface area (Å²) in [6, 6.07) is 10.6. The van der Waals surface area contributed by atoms with Gasteiger partial charge in [0, 0.05) is 0 Å². The van der Waals surface area contributed by atoms with E-state index in [4.69, 9.17) is 0 Å². The average molecular weight is 302 g/mol. The van der Waals surface area contributed by atoms with Crippen LogP contribution < -0.4 is 0 Å². The van der Waals surface area contributed by atoms with E-state index in [0.29, 0.717) is 33.8 Å². The van der Waals surface area contributed by atoms with Gasteiger partial charge in [-0.25, -0.2) is 0 Å². The summed E-state index contributed by atoms with van der Waals surface area (Å²) in [5.74, 6) is 0. The summed E-state index contributed by atoms with van der Waals surface area (Å²) in [5.41, 5.74) is 1.45. The Morgan fingerprint density at radius 1 is 1.18 bits per heavy atom. The molecule has 1 rings (SSSR count). The Balaban J connectivity index is 2.39. The van der Waals surface area contributed by atoms with Crippen LogP contribution >= 0.6 is 0 Å². The number of rotatable bonds is 3. The van der Waals surface area contributed by atoms with Crippen molar-refractivity contribution < 1.29 is 33.8 Å². The van der Waals surface area contributed by atoms with Crippen LogP contribution in [-0.4, -0.2) is 15.5 Å². The molecule has 0 saturated heterocycles. The summed E-state index contributed by atoms with van der Waals surface area (Å²) < 4.78 is 3.51. The van der Waals surface area contributed by atoms with E-state index in [0.717, 1.165) is 0 Å². The number of hydrogen-bond acceptors (Lipinski definition) is 1. The first-order valence-corrected chi connectivity index (χ1v) is 5.63. The van der Waals surface area contributed by atoms with E-state index in [-0.39, 0.29) is 0 Å². The molecule has 0 bridgehead atoms. The van der Waals surface area contributed by atoms with Crippen molar-refractivity contribution in [1.82, 2.24) is 1.44 Å².